The van der Waals surface area contributed by atoms with Gasteiger partial charge in [-0.1, -0.05) is 32.3 Å². The second-order valence-corrected chi connectivity index (χ2v) is 7.56. The minimum atomic E-state index is 0.0147. The zero-order valence-electron chi connectivity index (χ0n) is 14.0. The van der Waals surface area contributed by atoms with Gasteiger partial charge in [-0.25, -0.2) is 0 Å². The lowest BCUT2D eigenvalue weighted by Crippen LogP contribution is -2.64. The minimum Gasteiger partial charge on any atom is -0.328 e. The van der Waals surface area contributed by atoms with Gasteiger partial charge in [0.1, 0.15) is 0 Å². The molecule has 0 aromatic carbocycles. The maximum atomic E-state index is 13.1. The lowest BCUT2D eigenvalue weighted by Gasteiger charge is -2.57. The van der Waals surface area contributed by atoms with Crippen molar-refractivity contribution in [3.63, 3.8) is 0 Å². The van der Waals surface area contributed by atoms with Crippen molar-refractivity contribution in [2.24, 2.45) is 0 Å². The first-order valence-electron chi connectivity index (χ1n) is 8.41. The molecule has 2 nitrogen and oxygen atoms in total. The fourth-order valence-electron chi connectivity index (χ4n) is 4.47. The molecule has 0 aromatic heterocycles. The number of hydrogen-bond acceptors (Lipinski definition) is 1. The van der Waals surface area contributed by atoms with E-state index < -0.39 is 0 Å². The summed E-state index contributed by atoms with van der Waals surface area (Å²) in [6.45, 7) is 11.2. The molecule has 2 aliphatic heterocycles. The van der Waals surface area contributed by atoms with Crippen LogP contribution in [0.2, 0.25) is 0 Å². The number of nitrogens with zero attached hydrogens (tertiary/aromatic N) is 1. The maximum Gasteiger partial charge on any atom is 0.250 e. The molecule has 2 heteroatoms. The first-order valence-corrected chi connectivity index (χ1v) is 8.41. The fourth-order valence-corrected chi connectivity index (χ4v) is 4.47. The van der Waals surface area contributed by atoms with Gasteiger partial charge >= 0.3 is 0 Å². The van der Waals surface area contributed by atoms with Crippen molar-refractivity contribution < 1.29 is 4.79 Å². The summed E-state index contributed by atoms with van der Waals surface area (Å²) in [4.78, 5) is 15.4. The molecule has 0 aliphatic carbocycles. The van der Waals surface area contributed by atoms with Crippen LogP contribution in [-0.2, 0) is 4.79 Å². The zero-order chi connectivity index (χ0) is 15.0. The van der Waals surface area contributed by atoms with Crippen LogP contribution in [0.15, 0.2) is 11.1 Å². The van der Waals surface area contributed by atoms with E-state index in [0.717, 1.165) is 50.5 Å². The lowest BCUT2D eigenvalue weighted by molar-refractivity contribution is -0.148. The number of hydrogen-bond donors (Lipinski definition) is 0. The van der Waals surface area contributed by atoms with E-state index in [1.54, 1.807) is 0 Å². The second-order valence-electron chi connectivity index (χ2n) is 7.56. The first-order chi connectivity index (χ1) is 9.35. The smallest absolute Gasteiger partial charge is 0.250 e. The van der Waals surface area contributed by atoms with Crippen LogP contribution in [0, 0.1) is 0 Å². The number of carbonyl (C=O) groups excluding carboxylic acids is 1. The summed E-state index contributed by atoms with van der Waals surface area (Å²) in [7, 11) is 0. The van der Waals surface area contributed by atoms with Crippen LogP contribution in [0.4, 0.5) is 0 Å². The van der Waals surface area contributed by atoms with Crippen molar-refractivity contribution in [1.29, 1.82) is 0 Å². The molecule has 1 amide bonds. The average molecular weight is 277 g/mol. The van der Waals surface area contributed by atoms with Crippen molar-refractivity contribution in [2.75, 3.05) is 0 Å². The molecule has 0 unspecified atom stereocenters. The number of carbonyl (C=O) groups is 1. The third kappa shape index (κ3) is 2.54. The van der Waals surface area contributed by atoms with Crippen LogP contribution in [0.25, 0.3) is 0 Å². The molecule has 114 valence electrons. The second kappa shape index (κ2) is 5.54. The zero-order valence-corrected chi connectivity index (χ0v) is 14.0. The Balaban J connectivity index is 2.45. The molecule has 0 N–H and O–H groups in total. The van der Waals surface area contributed by atoms with Gasteiger partial charge in [-0.05, 0) is 59.3 Å². The van der Waals surface area contributed by atoms with Crippen LogP contribution in [0.1, 0.15) is 86.0 Å². The number of rotatable bonds is 4. The first kappa shape index (κ1) is 15.6. The average Bonchev–Trinajstić information content (AvgIpc) is 2.32. The predicted molar refractivity (Wildman–Crippen MR) is 84.6 cm³/mol. The van der Waals surface area contributed by atoms with Gasteiger partial charge < -0.3 is 4.90 Å². The quantitative estimate of drug-likeness (QED) is 0.720. The largest absolute Gasteiger partial charge is 0.328 e. The minimum absolute atomic E-state index is 0.0147. The van der Waals surface area contributed by atoms with E-state index in [1.807, 2.05) is 0 Å². The van der Waals surface area contributed by atoms with E-state index in [2.05, 4.69) is 39.5 Å². The summed E-state index contributed by atoms with van der Waals surface area (Å²) in [6, 6.07) is 0. The van der Waals surface area contributed by atoms with Crippen LogP contribution in [0.3, 0.4) is 0 Å². The maximum absolute atomic E-state index is 13.1. The summed E-state index contributed by atoms with van der Waals surface area (Å²) in [5.74, 6) is 0.341. The summed E-state index contributed by atoms with van der Waals surface area (Å²) >= 11 is 0. The molecular formula is C18H31NO. The molecule has 1 atom stereocenters. The van der Waals surface area contributed by atoms with Crippen molar-refractivity contribution >= 4 is 5.91 Å². The molecule has 2 heterocycles. The van der Waals surface area contributed by atoms with Gasteiger partial charge in [-0.15, -0.1) is 0 Å². The molecule has 0 saturated carbocycles. The molecule has 2 aliphatic rings. The molecule has 1 saturated heterocycles. The third-order valence-electron chi connectivity index (χ3n) is 5.18. The van der Waals surface area contributed by atoms with E-state index in [1.165, 1.54) is 12.0 Å². The summed E-state index contributed by atoms with van der Waals surface area (Å²) in [5.41, 5.74) is 2.67. The molecule has 2 rings (SSSR count). The van der Waals surface area contributed by atoms with Gasteiger partial charge in [0, 0.05) is 16.7 Å². The van der Waals surface area contributed by atoms with E-state index in [9.17, 15) is 4.79 Å². The van der Waals surface area contributed by atoms with Crippen LogP contribution in [0.5, 0.6) is 0 Å². The molecule has 1 fully saturated rings. The predicted octanol–water partition coefficient (Wildman–Crippen LogP) is 4.84. The molecule has 0 bridgehead atoms. The Labute approximate surface area is 124 Å². The highest BCUT2D eigenvalue weighted by atomic mass is 16.2. The summed E-state index contributed by atoms with van der Waals surface area (Å²) < 4.78 is 0. The van der Waals surface area contributed by atoms with Crippen molar-refractivity contribution in [2.45, 2.75) is 97.1 Å². The SMILES string of the molecule is CCCC1=C(CCC)C(=O)N2C(C)(C)CCC[C@@]2(C)C1. The van der Waals surface area contributed by atoms with Gasteiger partial charge in [0.2, 0.25) is 0 Å². The fraction of sp³-hybridized carbons (Fsp3) is 0.833. The number of fused-ring (bicyclic) bond motifs is 1. The van der Waals surface area contributed by atoms with E-state index in [4.69, 9.17) is 0 Å². The number of amides is 1. The van der Waals surface area contributed by atoms with Gasteiger partial charge in [0.25, 0.3) is 5.91 Å². The molecule has 20 heavy (non-hydrogen) atoms. The lowest BCUT2D eigenvalue weighted by atomic mass is 9.71. The van der Waals surface area contributed by atoms with Crippen LogP contribution < -0.4 is 0 Å². The molecule has 0 aromatic rings. The Kier molecular flexibility index (Phi) is 4.32. The van der Waals surface area contributed by atoms with Gasteiger partial charge in [0.05, 0.1) is 0 Å². The Bertz CT molecular complexity index is 421. The summed E-state index contributed by atoms with van der Waals surface area (Å²) in [5, 5.41) is 0. The Morgan fingerprint density at radius 1 is 1.05 bits per heavy atom. The molecule has 0 spiro atoms. The monoisotopic (exact) mass is 277 g/mol. The van der Waals surface area contributed by atoms with Crippen molar-refractivity contribution in [1.82, 2.24) is 4.90 Å². The Hall–Kier alpha value is -0.790. The van der Waals surface area contributed by atoms with Gasteiger partial charge in [-0.3, -0.25) is 4.79 Å². The van der Waals surface area contributed by atoms with E-state index in [0.29, 0.717) is 5.91 Å². The topological polar surface area (TPSA) is 20.3 Å². The highest BCUT2D eigenvalue weighted by Crippen LogP contribution is 2.47. The number of piperidine rings is 1. The van der Waals surface area contributed by atoms with E-state index >= 15 is 0 Å². The Morgan fingerprint density at radius 2 is 1.70 bits per heavy atom. The highest BCUT2D eigenvalue weighted by Gasteiger charge is 2.50. The highest BCUT2D eigenvalue weighted by molar-refractivity contribution is 5.96. The normalized spacial score (nSPS) is 29.6. The van der Waals surface area contributed by atoms with Crippen LogP contribution in [-0.4, -0.2) is 21.9 Å². The summed E-state index contributed by atoms with van der Waals surface area (Å²) in [6.07, 6.45) is 8.92. The molecular weight excluding hydrogens is 246 g/mol. The van der Waals surface area contributed by atoms with Crippen LogP contribution >= 0.6 is 0 Å². The van der Waals surface area contributed by atoms with E-state index in [-0.39, 0.29) is 11.1 Å². The Morgan fingerprint density at radius 3 is 2.30 bits per heavy atom. The van der Waals surface area contributed by atoms with Gasteiger partial charge in [-0.2, -0.15) is 0 Å². The van der Waals surface area contributed by atoms with Crippen molar-refractivity contribution in [3.8, 4) is 0 Å². The van der Waals surface area contributed by atoms with Gasteiger partial charge in [0.15, 0.2) is 0 Å². The third-order valence-corrected chi connectivity index (χ3v) is 5.18. The van der Waals surface area contributed by atoms with Crippen molar-refractivity contribution in [3.05, 3.63) is 11.1 Å². The standard InChI is InChI=1S/C18H31NO/c1-6-9-14-13-18(5)12-8-11-17(3,4)19(18)16(20)15(14)10-7-2/h6-13H2,1-5H3/t18-/m0/s1. The molecule has 0 radical (unpaired) electrons.